The first-order chi connectivity index (χ1) is 9.26. The molecule has 0 fully saturated rings. The molecule has 3 heteroatoms. The Morgan fingerprint density at radius 2 is 1.95 bits per heavy atom. The van der Waals surface area contributed by atoms with Crippen molar-refractivity contribution < 1.29 is 4.74 Å². The van der Waals surface area contributed by atoms with Gasteiger partial charge < -0.3 is 10.1 Å². The first kappa shape index (κ1) is 16.4. The fraction of sp³-hybridized carbons (Fsp3) is 0.625. The third kappa shape index (κ3) is 7.48. The third-order valence-corrected chi connectivity index (χ3v) is 4.18. The van der Waals surface area contributed by atoms with Crippen LogP contribution >= 0.6 is 11.8 Å². The second-order valence-electron chi connectivity index (χ2n) is 4.87. The van der Waals surface area contributed by atoms with Crippen LogP contribution in [0.2, 0.25) is 0 Å². The summed E-state index contributed by atoms with van der Waals surface area (Å²) in [5, 5.41) is 3.59. The van der Waals surface area contributed by atoms with Gasteiger partial charge in [-0.1, -0.05) is 26.2 Å². The molecule has 0 aliphatic heterocycles. The average molecular weight is 281 g/mol. The van der Waals surface area contributed by atoms with Gasteiger partial charge in [-0.25, -0.2) is 0 Å². The fourth-order valence-electron chi connectivity index (χ4n) is 1.95. The van der Waals surface area contributed by atoms with E-state index >= 15 is 0 Å². The lowest BCUT2D eigenvalue weighted by molar-refractivity contribution is 0.414. The quantitative estimate of drug-likeness (QED) is 0.509. The molecule has 0 radical (unpaired) electrons. The number of methoxy groups -OCH3 is 1. The Kier molecular flexibility index (Phi) is 8.76. The molecule has 1 atom stereocenters. The smallest absolute Gasteiger partial charge is 0.118 e. The maximum absolute atomic E-state index is 5.15. The molecule has 0 heterocycles. The highest BCUT2D eigenvalue weighted by Gasteiger charge is 2.01. The molecule has 1 aromatic rings. The summed E-state index contributed by atoms with van der Waals surface area (Å²) in [4.78, 5) is 1.31. The largest absolute Gasteiger partial charge is 0.497 e. The van der Waals surface area contributed by atoms with Crippen LogP contribution in [0.25, 0.3) is 0 Å². The summed E-state index contributed by atoms with van der Waals surface area (Å²) in [5.41, 5.74) is 0. The lowest BCUT2D eigenvalue weighted by Gasteiger charge is -2.13. The topological polar surface area (TPSA) is 21.3 Å². The predicted molar refractivity (Wildman–Crippen MR) is 85.3 cm³/mol. The minimum absolute atomic E-state index is 0.642. The number of thioether (sulfide) groups is 1. The van der Waals surface area contributed by atoms with Crippen LogP contribution in [0, 0.1) is 0 Å². The SMILES string of the molecule is CCCCCC(C)NCCSc1ccc(OC)cc1. The summed E-state index contributed by atoms with van der Waals surface area (Å²) in [6, 6.07) is 8.91. The predicted octanol–water partition coefficient (Wildman–Crippen LogP) is 4.35. The average Bonchev–Trinajstić information content (AvgIpc) is 2.44. The summed E-state index contributed by atoms with van der Waals surface area (Å²) >= 11 is 1.89. The van der Waals surface area contributed by atoms with Crippen LogP contribution in [-0.2, 0) is 0 Å². The summed E-state index contributed by atoms with van der Waals surface area (Å²) in [7, 11) is 1.70. The van der Waals surface area contributed by atoms with Gasteiger partial charge in [0.1, 0.15) is 5.75 Å². The fourth-order valence-corrected chi connectivity index (χ4v) is 2.73. The van der Waals surface area contributed by atoms with Crippen molar-refractivity contribution in [3.05, 3.63) is 24.3 Å². The molecule has 108 valence electrons. The first-order valence-corrected chi connectivity index (χ1v) is 8.25. The van der Waals surface area contributed by atoms with Gasteiger partial charge >= 0.3 is 0 Å². The number of hydrogen-bond acceptors (Lipinski definition) is 3. The van der Waals surface area contributed by atoms with Gasteiger partial charge in [0.25, 0.3) is 0 Å². The molecular formula is C16H27NOS. The molecule has 0 amide bonds. The Hall–Kier alpha value is -0.670. The summed E-state index contributed by atoms with van der Waals surface area (Å²) in [6.45, 7) is 5.61. The Balaban J connectivity index is 2.09. The number of rotatable bonds is 10. The van der Waals surface area contributed by atoms with E-state index in [1.54, 1.807) is 7.11 Å². The number of ether oxygens (including phenoxy) is 1. The van der Waals surface area contributed by atoms with Crippen LogP contribution < -0.4 is 10.1 Å². The van der Waals surface area contributed by atoms with Gasteiger partial charge in [0, 0.05) is 23.2 Å². The van der Waals surface area contributed by atoms with Crippen LogP contribution in [0.3, 0.4) is 0 Å². The molecule has 19 heavy (non-hydrogen) atoms. The maximum atomic E-state index is 5.15. The van der Waals surface area contributed by atoms with E-state index < -0.39 is 0 Å². The standard InChI is InChI=1S/C16H27NOS/c1-4-5-6-7-14(2)17-12-13-19-16-10-8-15(18-3)9-11-16/h8-11,14,17H,4-7,12-13H2,1-3H3. The van der Waals surface area contributed by atoms with Crippen molar-refractivity contribution in [1.82, 2.24) is 5.32 Å². The van der Waals surface area contributed by atoms with Crippen molar-refractivity contribution in [3.63, 3.8) is 0 Å². The van der Waals surface area contributed by atoms with E-state index in [-0.39, 0.29) is 0 Å². The van der Waals surface area contributed by atoms with Crippen molar-refractivity contribution in [2.24, 2.45) is 0 Å². The molecular weight excluding hydrogens is 254 g/mol. The third-order valence-electron chi connectivity index (χ3n) is 3.16. The molecule has 1 unspecified atom stereocenters. The second-order valence-corrected chi connectivity index (χ2v) is 6.04. The molecule has 0 aromatic heterocycles. The van der Waals surface area contributed by atoms with E-state index in [0.717, 1.165) is 18.0 Å². The number of hydrogen-bond donors (Lipinski definition) is 1. The molecule has 0 saturated carbocycles. The highest BCUT2D eigenvalue weighted by Crippen LogP contribution is 2.20. The number of unbranched alkanes of at least 4 members (excludes halogenated alkanes) is 2. The molecule has 0 aliphatic rings. The lowest BCUT2D eigenvalue weighted by Crippen LogP contribution is -2.28. The van der Waals surface area contributed by atoms with Gasteiger partial charge in [-0.2, -0.15) is 0 Å². The molecule has 0 bridgehead atoms. The minimum atomic E-state index is 0.642. The van der Waals surface area contributed by atoms with Crippen molar-refractivity contribution in [2.45, 2.75) is 50.5 Å². The van der Waals surface area contributed by atoms with E-state index in [2.05, 4.69) is 31.3 Å². The van der Waals surface area contributed by atoms with E-state index in [1.807, 2.05) is 23.9 Å². The van der Waals surface area contributed by atoms with E-state index in [0.29, 0.717) is 6.04 Å². The van der Waals surface area contributed by atoms with Crippen molar-refractivity contribution in [2.75, 3.05) is 19.4 Å². The highest BCUT2D eigenvalue weighted by atomic mass is 32.2. The van der Waals surface area contributed by atoms with Gasteiger partial charge in [0.2, 0.25) is 0 Å². The van der Waals surface area contributed by atoms with Crippen molar-refractivity contribution in [1.29, 1.82) is 0 Å². The van der Waals surface area contributed by atoms with Crippen molar-refractivity contribution in [3.8, 4) is 5.75 Å². The number of benzene rings is 1. The van der Waals surface area contributed by atoms with E-state index in [1.165, 1.54) is 30.6 Å². The summed E-state index contributed by atoms with van der Waals surface area (Å²) < 4.78 is 5.15. The number of nitrogens with one attached hydrogen (secondary N) is 1. The van der Waals surface area contributed by atoms with E-state index in [4.69, 9.17) is 4.74 Å². The Morgan fingerprint density at radius 1 is 1.21 bits per heavy atom. The zero-order valence-electron chi connectivity index (χ0n) is 12.4. The maximum Gasteiger partial charge on any atom is 0.118 e. The van der Waals surface area contributed by atoms with Crippen LogP contribution in [0.5, 0.6) is 5.75 Å². The van der Waals surface area contributed by atoms with Gasteiger partial charge in [0.15, 0.2) is 0 Å². The molecule has 0 spiro atoms. The molecule has 0 saturated heterocycles. The second kappa shape index (κ2) is 10.2. The lowest BCUT2D eigenvalue weighted by atomic mass is 10.1. The Bertz CT molecular complexity index is 326. The van der Waals surface area contributed by atoms with Crippen LogP contribution in [0.1, 0.15) is 39.5 Å². The minimum Gasteiger partial charge on any atom is -0.497 e. The first-order valence-electron chi connectivity index (χ1n) is 7.26. The zero-order valence-corrected chi connectivity index (χ0v) is 13.3. The normalized spacial score (nSPS) is 12.4. The zero-order chi connectivity index (χ0) is 13.9. The molecule has 1 rings (SSSR count). The van der Waals surface area contributed by atoms with Crippen LogP contribution in [0.15, 0.2) is 29.2 Å². The van der Waals surface area contributed by atoms with Gasteiger partial charge in [0.05, 0.1) is 7.11 Å². The van der Waals surface area contributed by atoms with Gasteiger partial charge in [-0.05, 0) is 37.6 Å². The molecule has 1 aromatic carbocycles. The van der Waals surface area contributed by atoms with E-state index in [9.17, 15) is 0 Å². The van der Waals surface area contributed by atoms with Crippen LogP contribution in [0.4, 0.5) is 0 Å². The summed E-state index contributed by atoms with van der Waals surface area (Å²) in [5.74, 6) is 2.04. The van der Waals surface area contributed by atoms with Crippen molar-refractivity contribution >= 4 is 11.8 Å². The Labute approximate surface area is 122 Å². The molecule has 1 N–H and O–H groups in total. The Morgan fingerprint density at radius 3 is 2.58 bits per heavy atom. The van der Waals surface area contributed by atoms with Crippen LogP contribution in [-0.4, -0.2) is 25.4 Å². The highest BCUT2D eigenvalue weighted by molar-refractivity contribution is 7.99. The van der Waals surface area contributed by atoms with Gasteiger partial charge in [-0.3, -0.25) is 0 Å². The monoisotopic (exact) mass is 281 g/mol. The van der Waals surface area contributed by atoms with Gasteiger partial charge in [-0.15, -0.1) is 11.8 Å². The molecule has 0 aliphatic carbocycles. The summed E-state index contributed by atoms with van der Waals surface area (Å²) in [6.07, 6.45) is 5.30. The molecule has 2 nitrogen and oxygen atoms in total.